The number of anilines is 1. The van der Waals surface area contributed by atoms with E-state index in [-0.39, 0.29) is 18.1 Å². The molecule has 0 aliphatic rings. The minimum absolute atomic E-state index is 0.231. The summed E-state index contributed by atoms with van der Waals surface area (Å²) in [5.74, 6) is 0.940. The van der Waals surface area contributed by atoms with E-state index >= 15 is 0 Å². The molecule has 27 heavy (non-hydrogen) atoms. The van der Waals surface area contributed by atoms with Gasteiger partial charge in [0.2, 0.25) is 0 Å². The van der Waals surface area contributed by atoms with E-state index in [0.29, 0.717) is 16.6 Å². The van der Waals surface area contributed by atoms with E-state index in [2.05, 4.69) is 15.1 Å². The van der Waals surface area contributed by atoms with Crippen LogP contribution in [0.5, 0.6) is 5.75 Å². The second-order valence-corrected chi connectivity index (χ2v) is 6.85. The summed E-state index contributed by atoms with van der Waals surface area (Å²) in [6.45, 7) is 2.02. The minimum atomic E-state index is -0.296. The third-order valence-corrected chi connectivity index (χ3v) is 5.00. The van der Waals surface area contributed by atoms with Crippen LogP contribution in [-0.4, -0.2) is 28.1 Å². The largest absolute Gasteiger partial charge is 0.494 e. The maximum Gasteiger partial charge on any atom is 0.282 e. The van der Waals surface area contributed by atoms with Crippen LogP contribution in [0.25, 0.3) is 10.2 Å². The smallest absolute Gasteiger partial charge is 0.282 e. The van der Waals surface area contributed by atoms with Crippen molar-refractivity contribution in [2.75, 3.05) is 12.0 Å². The number of fused-ring (bicyclic) bond motifs is 1. The SMILES string of the molecule is COc1cccc2sc(N(Cc3ccccn3)C(=O)c3cc(C)on3)nc12. The lowest BCUT2D eigenvalue weighted by Crippen LogP contribution is -2.31. The molecular weight excluding hydrogens is 364 g/mol. The zero-order valence-corrected chi connectivity index (χ0v) is 15.6. The van der Waals surface area contributed by atoms with Crippen molar-refractivity contribution in [1.29, 1.82) is 0 Å². The van der Waals surface area contributed by atoms with Gasteiger partial charge in [0.1, 0.15) is 17.0 Å². The number of aromatic nitrogens is 3. The summed E-state index contributed by atoms with van der Waals surface area (Å²) in [5, 5.41) is 4.40. The maximum absolute atomic E-state index is 13.1. The molecule has 1 aromatic carbocycles. The Labute approximate surface area is 159 Å². The summed E-state index contributed by atoms with van der Waals surface area (Å²) in [7, 11) is 1.60. The lowest BCUT2D eigenvalue weighted by Gasteiger charge is -2.18. The fraction of sp³-hybridized carbons (Fsp3) is 0.158. The van der Waals surface area contributed by atoms with Crippen LogP contribution in [-0.2, 0) is 6.54 Å². The molecule has 0 N–H and O–H groups in total. The number of thiazole rings is 1. The van der Waals surface area contributed by atoms with E-state index in [0.717, 1.165) is 15.9 Å². The van der Waals surface area contributed by atoms with Crippen LogP contribution < -0.4 is 9.64 Å². The van der Waals surface area contributed by atoms with Crippen molar-refractivity contribution in [3.05, 3.63) is 65.8 Å². The first-order chi connectivity index (χ1) is 13.2. The van der Waals surface area contributed by atoms with Gasteiger partial charge in [0.25, 0.3) is 5.91 Å². The molecule has 4 rings (SSSR count). The van der Waals surface area contributed by atoms with Crippen LogP contribution in [0.15, 0.2) is 53.2 Å². The molecule has 0 radical (unpaired) electrons. The van der Waals surface area contributed by atoms with Gasteiger partial charge in [-0.1, -0.05) is 28.6 Å². The number of amides is 1. The summed E-state index contributed by atoms with van der Waals surface area (Å²) in [6, 6.07) is 12.9. The van der Waals surface area contributed by atoms with Gasteiger partial charge in [0.05, 0.1) is 24.0 Å². The van der Waals surface area contributed by atoms with Gasteiger partial charge in [-0.3, -0.25) is 14.7 Å². The van der Waals surface area contributed by atoms with Gasteiger partial charge >= 0.3 is 0 Å². The Bertz CT molecular complexity index is 1090. The van der Waals surface area contributed by atoms with Crippen molar-refractivity contribution >= 4 is 32.6 Å². The highest BCUT2D eigenvalue weighted by Crippen LogP contribution is 2.35. The maximum atomic E-state index is 13.1. The fourth-order valence-corrected chi connectivity index (χ4v) is 3.66. The summed E-state index contributed by atoms with van der Waals surface area (Å²) in [6.07, 6.45) is 1.69. The number of hydrogen-bond acceptors (Lipinski definition) is 7. The Balaban J connectivity index is 1.78. The molecule has 7 nitrogen and oxygen atoms in total. The highest BCUT2D eigenvalue weighted by atomic mass is 32.1. The van der Waals surface area contributed by atoms with E-state index in [4.69, 9.17) is 9.26 Å². The van der Waals surface area contributed by atoms with E-state index in [1.807, 2.05) is 36.4 Å². The van der Waals surface area contributed by atoms with E-state index < -0.39 is 0 Å². The first-order valence-corrected chi connectivity index (χ1v) is 9.06. The quantitative estimate of drug-likeness (QED) is 0.523. The second kappa shape index (κ2) is 7.16. The summed E-state index contributed by atoms with van der Waals surface area (Å²) in [5.41, 5.74) is 1.70. The second-order valence-electron chi connectivity index (χ2n) is 5.84. The lowest BCUT2D eigenvalue weighted by molar-refractivity contribution is 0.0976. The number of methoxy groups -OCH3 is 1. The first kappa shape index (κ1) is 17.2. The van der Waals surface area contributed by atoms with Crippen molar-refractivity contribution in [3.8, 4) is 5.75 Å². The molecule has 0 saturated heterocycles. The predicted molar refractivity (Wildman–Crippen MR) is 102 cm³/mol. The zero-order valence-electron chi connectivity index (χ0n) is 14.7. The number of rotatable bonds is 5. The van der Waals surface area contributed by atoms with Crippen LogP contribution in [0.3, 0.4) is 0 Å². The number of benzene rings is 1. The molecule has 0 spiro atoms. The van der Waals surface area contributed by atoms with Gasteiger partial charge in [-0.15, -0.1) is 0 Å². The number of aryl methyl sites for hydroxylation is 1. The molecule has 0 unspecified atom stereocenters. The fourth-order valence-electron chi connectivity index (χ4n) is 2.68. The number of hydrogen-bond donors (Lipinski definition) is 0. The molecule has 8 heteroatoms. The van der Waals surface area contributed by atoms with Crippen molar-refractivity contribution in [2.45, 2.75) is 13.5 Å². The number of carbonyl (C=O) groups is 1. The Morgan fingerprint density at radius 1 is 1.26 bits per heavy atom. The topological polar surface area (TPSA) is 81.4 Å². The van der Waals surface area contributed by atoms with Crippen LogP contribution >= 0.6 is 11.3 Å². The van der Waals surface area contributed by atoms with Gasteiger partial charge in [-0.2, -0.15) is 0 Å². The molecule has 0 aliphatic carbocycles. The highest BCUT2D eigenvalue weighted by molar-refractivity contribution is 7.22. The minimum Gasteiger partial charge on any atom is -0.494 e. The Morgan fingerprint density at radius 3 is 2.85 bits per heavy atom. The average Bonchev–Trinajstić information content (AvgIpc) is 3.32. The number of ether oxygens (including phenoxy) is 1. The first-order valence-electron chi connectivity index (χ1n) is 8.24. The van der Waals surface area contributed by atoms with Gasteiger partial charge in [0, 0.05) is 12.3 Å². The van der Waals surface area contributed by atoms with Gasteiger partial charge in [-0.25, -0.2) is 4.98 Å². The third-order valence-electron chi connectivity index (χ3n) is 3.96. The predicted octanol–water partition coefficient (Wildman–Crippen LogP) is 3.84. The molecule has 1 amide bonds. The molecule has 136 valence electrons. The highest BCUT2D eigenvalue weighted by Gasteiger charge is 2.25. The normalized spacial score (nSPS) is 10.9. The third kappa shape index (κ3) is 3.39. The molecule has 0 fully saturated rings. The molecule has 0 bridgehead atoms. The molecule has 0 saturated carbocycles. The lowest BCUT2D eigenvalue weighted by atomic mass is 10.3. The molecule has 0 aliphatic heterocycles. The van der Waals surface area contributed by atoms with Gasteiger partial charge < -0.3 is 9.26 Å². The number of pyridine rings is 1. The average molecular weight is 380 g/mol. The van der Waals surface area contributed by atoms with Crippen LogP contribution in [0.4, 0.5) is 5.13 Å². The Kier molecular flexibility index (Phi) is 4.55. The number of para-hydroxylation sites is 1. The van der Waals surface area contributed by atoms with Gasteiger partial charge in [-0.05, 0) is 31.2 Å². The van der Waals surface area contributed by atoms with E-state index in [1.165, 1.54) is 11.3 Å². The molecule has 3 aromatic heterocycles. The summed E-state index contributed by atoms with van der Waals surface area (Å²) >= 11 is 1.41. The Hall–Kier alpha value is -3.26. The van der Waals surface area contributed by atoms with Crippen molar-refractivity contribution in [3.63, 3.8) is 0 Å². The zero-order chi connectivity index (χ0) is 18.8. The van der Waals surface area contributed by atoms with Crippen molar-refractivity contribution in [2.24, 2.45) is 0 Å². The Morgan fingerprint density at radius 2 is 2.15 bits per heavy atom. The standard InChI is InChI=1S/C19H16N4O3S/c1-12-10-14(22-26-12)18(24)23(11-13-6-3-4-9-20-13)19-21-17-15(25-2)7-5-8-16(17)27-19/h3-10H,11H2,1-2H3. The molecule has 0 atom stereocenters. The van der Waals surface area contributed by atoms with Crippen LogP contribution in [0.2, 0.25) is 0 Å². The van der Waals surface area contributed by atoms with E-state index in [9.17, 15) is 4.79 Å². The van der Waals surface area contributed by atoms with Crippen molar-refractivity contribution in [1.82, 2.24) is 15.1 Å². The van der Waals surface area contributed by atoms with Crippen LogP contribution in [0.1, 0.15) is 21.9 Å². The van der Waals surface area contributed by atoms with Crippen molar-refractivity contribution < 1.29 is 14.1 Å². The molecule has 4 aromatic rings. The summed E-state index contributed by atoms with van der Waals surface area (Å²) in [4.78, 5) is 23.6. The monoisotopic (exact) mass is 380 g/mol. The van der Waals surface area contributed by atoms with E-state index in [1.54, 1.807) is 31.2 Å². The number of nitrogens with zero attached hydrogens (tertiary/aromatic N) is 4. The number of carbonyl (C=O) groups excluding carboxylic acids is 1. The summed E-state index contributed by atoms with van der Waals surface area (Å²) < 4.78 is 11.4. The van der Waals surface area contributed by atoms with Crippen LogP contribution in [0, 0.1) is 6.92 Å². The molecular formula is C19H16N4O3S. The van der Waals surface area contributed by atoms with Gasteiger partial charge in [0.15, 0.2) is 10.8 Å². The molecule has 3 heterocycles.